The van der Waals surface area contributed by atoms with Crippen molar-refractivity contribution < 1.29 is 0 Å². The van der Waals surface area contributed by atoms with Crippen LogP contribution in [0.2, 0.25) is 5.02 Å². The summed E-state index contributed by atoms with van der Waals surface area (Å²) in [6.07, 6.45) is 2.25. The van der Waals surface area contributed by atoms with Gasteiger partial charge in [-0.15, -0.1) is 11.6 Å². The van der Waals surface area contributed by atoms with E-state index in [-0.39, 0.29) is 0 Å². The van der Waals surface area contributed by atoms with Gasteiger partial charge in [0.25, 0.3) is 0 Å². The number of halogens is 2. The molecule has 21 heavy (non-hydrogen) atoms. The molecule has 3 aromatic rings. The minimum atomic E-state index is 0.364. The van der Waals surface area contributed by atoms with Gasteiger partial charge in [-0.1, -0.05) is 37.1 Å². The van der Waals surface area contributed by atoms with E-state index in [1.54, 1.807) is 0 Å². The average molecular weight is 319 g/mol. The van der Waals surface area contributed by atoms with E-state index in [0.717, 1.165) is 35.4 Å². The van der Waals surface area contributed by atoms with Crippen LogP contribution in [-0.2, 0) is 12.3 Å². The smallest absolute Gasteiger partial charge is 0.129 e. The summed E-state index contributed by atoms with van der Waals surface area (Å²) in [7, 11) is 0. The molecule has 0 fully saturated rings. The molecular formula is C17H16Cl2N2. The third-order valence-corrected chi connectivity index (χ3v) is 4.01. The van der Waals surface area contributed by atoms with Crippen molar-refractivity contribution in [2.24, 2.45) is 0 Å². The molecule has 0 N–H and O–H groups in total. The monoisotopic (exact) mass is 318 g/mol. The van der Waals surface area contributed by atoms with E-state index >= 15 is 0 Å². The third-order valence-electron chi connectivity index (χ3n) is 3.54. The number of alkyl halides is 1. The van der Waals surface area contributed by atoms with Crippen LogP contribution in [0.15, 0.2) is 42.5 Å². The van der Waals surface area contributed by atoms with Crippen molar-refractivity contribution in [2.75, 3.05) is 0 Å². The largest absolute Gasteiger partial charge is 0.295 e. The summed E-state index contributed by atoms with van der Waals surface area (Å²) in [5.74, 6) is 1.19. The van der Waals surface area contributed by atoms with E-state index in [2.05, 4.69) is 40.7 Å². The number of benzene rings is 2. The summed E-state index contributed by atoms with van der Waals surface area (Å²) in [5, 5.41) is 0.687. The standard InChI is InChI=1S/C17H16Cl2N2/c1-2-3-12-4-7-14(8-5-12)21-16-9-6-13(19)10-15(16)20-17(21)11-18/h4-10H,2-3,11H2,1H3. The second-order valence-corrected chi connectivity index (χ2v) is 5.75. The van der Waals surface area contributed by atoms with Crippen molar-refractivity contribution in [3.8, 4) is 5.69 Å². The van der Waals surface area contributed by atoms with Crippen LogP contribution in [0, 0.1) is 0 Å². The summed E-state index contributed by atoms with van der Waals surface area (Å²) in [5.41, 5.74) is 4.32. The van der Waals surface area contributed by atoms with Crippen LogP contribution in [0.25, 0.3) is 16.7 Å². The zero-order valence-corrected chi connectivity index (χ0v) is 13.3. The van der Waals surface area contributed by atoms with Gasteiger partial charge in [0.2, 0.25) is 0 Å². The molecule has 4 heteroatoms. The Hall–Kier alpha value is -1.51. The quantitative estimate of drug-likeness (QED) is 0.591. The fourth-order valence-corrected chi connectivity index (χ4v) is 2.93. The van der Waals surface area contributed by atoms with E-state index in [9.17, 15) is 0 Å². The zero-order valence-electron chi connectivity index (χ0n) is 11.8. The van der Waals surface area contributed by atoms with E-state index in [4.69, 9.17) is 23.2 Å². The van der Waals surface area contributed by atoms with Gasteiger partial charge >= 0.3 is 0 Å². The van der Waals surface area contributed by atoms with Crippen LogP contribution >= 0.6 is 23.2 Å². The summed E-state index contributed by atoms with van der Waals surface area (Å²) < 4.78 is 2.09. The number of aromatic nitrogens is 2. The van der Waals surface area contributed by atoms with Crippen molar-refractivity contribution in [1.82, 2.24) is 9.55 Å². The average Bonchev–Trinajstić information content (AvgIpc) is 2.86. The molecule has 0 aliphatic heterocycles. The molecular weight excluding hydrogens is 303 g/mol. The fraction of sp³-hybridized carbons (Fsp3) is 0.235. The molecule has 3 rings (SSSR count). The second-order valence-electron chi connectivity index (χ2n) is 5.05. The van der Waals surface area contributed by atoms with Crippen LogP contribution < -0.4 is 0 Å². The van der Waals surface area contributed by atoms with Crippen molar-refractivity contribution in [1.29, 1.82) is 0 Å². The number of nitrogens with zero attached hydrogens (tertiary/aromatic N) is 2. The van der Waals surface area contributed by atoms with Gasteiger partial charge in [0, 0.05) is 10.7 Å². The molecule has 0 saturated carbocycles. The molecule has 0 unspecified atom stereocenters. The Balaban J connectivity index is 2.13. The Morgan fingerprint density at radius 1 is 1.10 bits per heavy atom. The maximum absolute atomic E-state index is 6.06. The van der Waals surface area contributed by atoms with Crippen molar-refractivity contribution >= 4 is 34.2 Å². The predicted octanol–water partition coefficient (Wildman–Crippen LogP) is 5.37. The Morgan fingerprint density at radius 3 is 2.52 bits per heavy atom. The lowest BCUT2D eigenvalue weighted by molar-refractivity contribution is 0.918. The molecule has 2 nitrogen and oxygen atoms in total. The Bertz CT molecular complexity index is 760. The van der Waals surface area contributed by atoms with Gasteiger partial charge in [0.05, 0.1) is 16.9 Å². The molecule has 1 heterocycles. The molecule has 0 radical (unpaired) electrons. The highest BCUT2D eigenvalue weighted by Crippen LogP contribution is 2.25. The van der Waals surface area contributed by atoms with Gasteiger partial charge in [-0.25, -0.2) is 4.98 Å². The first-order valence-corrected chi connectivity index (χ1v) is 7.96. The van der Waals surface area contributed by atoms with E-state index in [1.165, 1.54) is 5.56 Å². The molecule has 0 atom stereocenters. The molecule has 108 valence electrons. The first-order chi connectivity index (χ1) is 10.2. The number of hydrogen-bond donors (Lipinski definition) is 0. The maximum atomic E-state index is 6.06. The van der Waals surface area contributed by atoms with Crippen LogP contribution in [-0.4, -0.2) is 9.55 Å². The number of hydrogen-bond acceptors (Lipinski definition) is 1. The van der Waals surface area contributed by atoms with Crippen LogP contribution in [0.3, 0.4) is 0 Å². The predicted molar refractivity (Wildman–Crippen MR) is 89.6 cm³/mol. The number of rotatable bonds is 4. The van der Waals surface area contributed by atoms with Gasteiger partial charge < -0.3 is 0 Å². The Morgan fingerprint density at radius 2 is 1.86 bits per heavy atom. The lowest BCUT2D eigenvalue weighted by Gasteiger charge is -2.09. The van der Waals surface area contributed by atoms with Crippen LogP contribution in [0.1, 0.15) is 24.7 Å². The molecule has 0 spiro atoms. The summed E-state index contributed by atoms with van der Waals surface area (Å²) in [6.45, 7) is 2.19. The molecule has 0 aliphatic carbocycles. The Labute approximate surface area is 134 Å². The summed E-state index contributed by atoms with van der Waals surface area (Å²) in [6, 6.07) is 14.3. The number of aryl methyl sites for hydroxylation is 1. The highest BCUT2D eigenvalue weighted by molar-refractivity contribution is 6.31. The van der Waals surface area contributed by atoms with E-state index in [1.807, 2.05) is 18.2 Å². The molecule has 0 bridgehead atoms. The van der Waals surface area contributed by atoms with Crippen molar-refractivity contribution in [3.05, 3.63) is 58.9 Å². The first kappa shape index (κ1) is 14.4. The summed E-state index contributed by atoms with van der Waals surface area (Å²) in [4.78, 5) is 4.57. The highest BCUT2D eigenvalue weighted by atomic mass is 35.5. The third kappa shape index (κ3) is 2.78. The number of fused-ring (bicyclic) bond motifs is 1. The van der Waals surface area contributed by atoms with Gasteiger partial charge in [-0.05, 0) is 42.3 Å². The lowest BCUT2D eigenvalue weighted by Crippen LogP contribution is -1.99. The number of imidazole rings is 1. The SMILES string of the molecule is CCCc1ccc(-n2c(CCl)nc3cc(Cl)ccc32)cc1. The molecule has 0 amide bonds. The van der Waals surface area contributed by atoms with Gasteiger partial charge in [-0.3, -0.25) is 4.57 Å². The normalized spacial score (nSPS) is 11.2. The lowest BCUT2D eigenvalue weighted by atomic mass is 10.1. The molecule has 2 aromatic carbocycles. The topological polar surface area (TPSA) is 17.8 Å². The maximum Gasteiger partial charge on any atom is 0.129 e. The van der Waals surface area contributed by atoms with E-state index < -0.39 is 0 Å². The van der Waals surface area contributed by atoms with Gasteiger partial charge in [0.15, 0.2) is 0 Å². The molecule has 0 saturated heterocycles. The minimum Gasteiger partial charge on any atom is -0.295 e. The van der Waals surface area contributed by atoms with Gasteiger partial charge in [-0.2, -0.15) is 0 Å². The minimum absolute atomic E-state index is 0.364. The fourth-order valence-electron chi connectivity index (χ4n) is 2.58. The molecule has 0 aliphatic rings. The van der Waals surface area contributed by atoms with Gasteiger partial charge in [0.1, 0.15) is 5.82 Å². The van der Waals surface area contributed by atoms with Crippen molar-refractivity contribution in [2.45, 2.75) is 25.6 Å². The zero-order chi connectivity index (χ0) is 14.8. The highest BCUT2D eigenvalue weighted by Gasteiger charge is 2.12. The first-order valence-electron chi connectivity index (χ1n) is 7.05. The van der Waals surface area contributed by atoms with Crippen molar-refractivity contribution in [3.63, 3.8) is 0 Å². The summed E-state index contributed by atoms with van der Waals surface area (Å²) >= 11 is 12.1. The Kier molecular flexibility index (Phi) is 4.18. The molecule has 1 aromatic heterocycles. The van der Waals surface area contributed by atoms with Crippen LogP contribution in [0.5, 0.6) is 0 Å². The second kappa shape index (κ2) is 6.08. The van der Waals surface area contributed by atoms with E-state index in [0.29, 0.717) is 10.9 Å². The van der Waals surface area contributed by atoms with Crippen LogP contribution in [0.4, 0.5) is 0 Å².